The first-order valence-corrected chi connectivity index (χ1v) is 12.4. The van der Waals surface area contributed by atoms with Crippen LogP contribution >= 0.6 is 0 Å². The Morgan fingerprint density at radius 2 is 1.57 bits per heavy atom. The Morgan fingerprint density at radius 1 is 0.919 bits per heavy atom. The van der Waals surface area contributed by atoms with Crippen molar-refractivity contribution in [2.24, 2.45) is 0 Å². The van der Waals surface area contributed by atoms with E-state index in [4.69, 9.17) is 4.74 Å². The molecule has 9 heteroatoms. The van der Waals surface area contributed by atoms with Gasteiger partial charge in [0.2, 0.25) is 0 Å². The number of ether oxygens (including phenoxy) is 1. The Bertz CT molecular complexity index is 1250. The molecule has 0 saturated heterocycles. The molecule has 6 nitrogen and oxygen atoms in total. The summed E-state index contributed by atoms with van der Waals surface area (Å²) in [4.78, 5) is 26.7. The molecule has 2 aromatic carbocycles. The van der Waals surface area contributed by atoms with Crippen LogP contribution in [0.4, 0.5) is 13.2 Å². The van der Waals surface area contributed by atoms with E-state index in [1.807, 2.05) is 37.3 Å². The second kappa shape index (κ2) is 11.2. The molecule has 0 bridgehead atoms. The second-order valence-corrected chi connectivity index (χ2v) is 9.00. The Balaban J connectivity index is 1.59. The van der Waals surface area contributed by atoms with Gasteiger partial charge in [0.1, 0.15) is 5.69 Å². The zero-order valence-electron chi connectivity index (χ0n) is 20.8. The van der Waals surface area contributed by atoms with Crippen LogP contribution in [0.25, 0.3) is 0 Å². The number of carbonyl (C=O) groups excluding carboxylic acids is 2. The lowest BCUT2D eigenvalue weighted by Crippen LogP contribution is -2.31. The lowest BCUT2D eigenvalue weighted by molar-refractivity contribution is -0.137. The molecule has 0 aliphatic carbocycles. The fourth-order valence-corrected chi connectivity index (χ4v) is 4.64. The Morgan fingerprint density at radius 3 is 2.24 bits per heavy atom. The molecule has 2 N–H and O–H groups in total. The van der Waals surface area contributed by atoms with Crippen molar-refractivity contribution in [2.75, 3.05) is 6.61 Å². The van der Waals surface area contributed by atoms with Crippen LogP contribution in [0.2, 0.25) is 0 Å². The highest BCUT2D eigenvalue weighted by Crippen LogP contribution is 2.31. The van der Waals surface area contributed by atoms with E-state index in [1.54, 1.807) is 23.6 Å². The van der Waals surface area contributed by atoms with E-state index in [1.165, 1.54) is 6.07 Å². The Labute approximate surface area is 213 Å². The highest BCUT2D eigenvalue weighted by molar-refractivity contribution is 6.01. The predicted octanol–water partition coefficient (Wildman–Crippen LogP) is 5.80. The number of hydrogen-bond donors (Lipinski definition) is 2. The average Bonchev–Trinajstić information content (AvgIpc) is 3.30. The smallest absolute Gasteiger partial charge is 0.373 e. The molecule has 1 aromatic heterocycles. The van der Waals surface area contributed by atoms with Gasteiger partial charge < -0.3 is 19.9 Å². The molecule has 37 heavy (non-hydrogen) atoms. The van der Waals surface area contributed by atoms with Crippen LogP contribution in [-0.2, 0) is 24.1 Å². The van der Waals surface area contributed by atoms with Crippen molar-refractivity contribution in [1.29, 1.82) is 0 Å². The van der Waals surface area contributed by atoms with Gasteiger partial charge in [-0.25, -0.2) is 0 Å². The average molecular weight is 514 g/mol. The zero-order valence-corrected chi connectivity index (χ0v) is 20.8. The molecule has 3 aromatic rings. The first-order valence-electron chi connectivity index (χ1n) is 12.4. The van der Waals surface area contributed by atoms with Crippen LogP contribution in [0.3, 0.4) is 0 Å². The highest BCUT2D eigenvalue weighted by atomic mass is 19.4. The van der Waals surface area contributed by atoms with Crippen molar-refractivity contribution in [2.45, 2.75) is 58.1 Å². The van der Waals surface area contributed by atoms with Gasteiger partial charge in [-0.3, -0.25) is 9.59 Å². The molecule has 2 amide bonds. The van der Waals surface area contributed by atoms with Gasteiger partial charge in [0, 0.05) is 6.54 Å². The molecule has 0 unspecified atom stereocenters. The molecular weight excluding hydrogens is 483 g/mol. The number of nitrogens with zero attached hydrogens (tertiary/aromatic N) is 1. The van der Waals surface area contributed by atoms with Crippen molar-refractivity contribution in [1.82, 2.24) is 15.2 Å². The summed E-state index contributed by atoms with van der Waals surface area (Å²) >= 11 is 0. The summed E-state index contributed by atoms with van der Waals surface area (Å²) in [6, 6.07) is 15.3. The highest BCUT2D eigenvalue weighted by Gasteiger charge is 2.32. The monoisotopic (exact) mass is 513 g/mol. The minimum absolute atomic E-state index is 0.184. The largest absolute Gasteiger partial charge is 0.416 e. The van der Waals surface area contributed by atoms with E-state index < -0.39 is 23.7 Å². The Kier molecular flexibility index (Phi) is 8.02. The number of aromatic nitrogens is 1. The summed E-state index contributed by atoms with van der Waals surface area (Å²) in [5, 5.41) is 5.91. The van der Waals surface area contributed by atoms with Crippen molar-refractivity contribution < 1.29 is 27.5 Å². The first kappa shape index (κ1) is 26.5. The van der Waals surface area contributed by atoms with Crippen LogP contribution < -0.4 is 10.6 Å². The van der Waals surface area contributed by atoms with Gasteiger partial charge in [-0.2, -0.15) is 13.2 Å². The second-order valence-electron chi connectivity index (χ2n) is 9.00. The lowest BCUT2D eigenvalue weighted by Gasteiger charge is -2.22. The van der Waals surface area contributed by atoms with Gasteiger partial charge in [0.25, 0.3) is 11.8 Å². The summed E-state index contributed by atoms with van der Waals surface area (Å²) in [7, 11) is 0. The minimum Gasteiger partial charge on any atom is -0.373 e. The third-order valence-electron chi connectivity index (χ3n) is 6.63. The quantitative estimate of drug-likeness (QED) is 0.400. The summed E-state index contributed by atoms with van der Waals surface area (Å²) in [5.41, 5.74) is 1.81. The normalized spacial score (nSPS) is 14.9. The fourth-order valence-electron chi connectivity index (χ4n) is 4.64. The minimum atomic E-state index is -4.47. The molecule has 0 saturated carbocycles. The number of amides is 2. The van der Waals surface area contributed by atoms with E-state index in [9.17, 15) is 22.8 Å². The van der Waals surface area contributed by atoms with Crippen LogP contribution in [0, 0.1) is 0 Å². The number of fused-ring (bicyclic) bond motifs is 1. The van der Waals surface area contributed by atoms with E-state index in [0.29, 0.717) is 42.8 Å². The number of halogens is 3. The van der Waals surface area contributed by atoms with Gasteiger partial charge in [-0.15, -0.1) is 0 Å². The maximum absolute atomic E-state index is 13.4. The maximum atomic E-state index is 13.4. The maximum Gasteiger partial charge on any atom is 0.416 e. The van der Waals surface area contributed by atoms with Crippen molar-refractivity contribution >= 4 is 11.8 Å². The molecule has 0 spiro atoms. The van der Waals surface area contributed by atoms with Gasteiger partial charge >= 0.3 is 6.18 Å². The van der Waals surface area contributed by atoms with E-state index in [0.717, 1.165) is 17.7 Å². The summed E-state index contributed by atoms with van der Waals surface area (Å²) in [5.74, 6) is -0.768. The SMILES string of the molecule is CC[C@@H](NC(=O)c1cc(C(=O)N[C@H](CC)c2cccc(C(F)(F)F)c2)n2c1COCC2)c1ccccc1. The summed E-state index contributed by atoms with van der Waals surface area (Å²) < 4.78 is 47.0. The van der Waals surface area contributed by atoms with Crippen LogP contribution in [0.5, 0.6) is 0 Å². The number of alkyl halides is 3. The van der Waals surface area contributed by atoms with Gasteiger partial charge in [0.15, 0.2) is 0 Å². The molecular formula is C28H30F3N3O3. The van der Waals surface area contributed by atoms with Crippen molar-refractivity contribution in [3.05, 3.63) is 94.3 Å². The molecule has 4 rings (SSSR count). The number of benzene rings is 2. The van der Waals surface area contributed by atoms with Crippen LogP contribution in [0.15, 0.2) is 60.7 Å². The molecule has 2 atom stereocenters. The molecule has 2 heterocycles. The zero-order chi connectivity index (χ0) is 26.6. The first-order chi connectivity index (χ1) is 17.7. The van der Waals surface area contributed by atoms with Crippen molar-refractivity contribution in [3.8, 4) is 0 Å². The number of rotatable bonds is 8. The third-order valence-corrected chi connectivity index (χ3v) is 6.63. The topological polar surface area (TPSA) is 72.4 Å². The molecule has 1 aliphatic heterocycles. The van der Waals surface area contributed by atoms with Crippen LogP contribution in [-0.4, -0.2) is 23.0 Å². The predicted molar refractivity (Wildman–Crippen MR) is 133 cm³/mol. The molecule has 196 valence electrons. The van der Waals surface area contributed by atoms with Gasteiger partial charge in [-0.1, -0.05) is 56.3 Å². The van der Waals surface area contributed by atoms with Gasteiger partial charge in [0.05, 0.1) is 42.1 Å². The standard InChI is InChI=1S/C28H30F3N3O3/c1-3-22(18-9-6-5-7-10-18)32-26(35)21-16-24(34-13-14-37-17-25(21)34)27(36)33-23(4-2)19-11-8-12-20(15-19)28(29,30)31/h5-12,15-16,22-23H,3-4,13-14,17H2,1-2H3,(H,32,35)(H,33,36)/t22-,23-/m1/s1. The van der Waals surface area contributed by atoms with E-state index in [-0.39, 0.29) is 24.2 Å². The van der Waals surface area contributed by atoms with E-state index in [2.05, 4.69) is 10.6 Å². The molecule has 0 fully saturated rings. The number of hydrogen-bond acceptors (Lipinski definition) is 3. The molecule has 0 radical (unpaired) electrons. The van der Waals surface area contributed by atoms with Crippen molar-refractivity contribution in [3.63, 3.8) is 0 Å². The third kappa shape index (κ3) is 5.88. The van der Waals surface area contributed by atoms with Gasteiger partial charge in [-0.05, 0) is 42.2 Å². The van der Waals surface area contributed by atoms with Crippen LogP contribution in [0.1, 0.15) is 82.0 Å². The summed E-state index contributed by atoms with van der Waals surface area (Å²) in [6.07, 6.45) is -3.39. The molecule has 1 aliphatic rings. The lowest BCUT2D eigenvalue weighted by atomic mass is 10.0. The van der Waals surface area contributed by atoms with E-state index >= 15 is 0 Å². The Hall–Kier alpha value is -3.59. The number of carbonyl (C=O) groups is 2. The summed E-state index contributed by atoms with van der Waals surface area (Å²) in [6.45, 7) is 4.73. The fraction of sp³-hybridized carbons (Fsp3) is 0.357. The number of nitrogens with one attached hydrogen (secondary N) is 2.